The topological polar surface area (TPSA) is 23.5 Å². The van der Waals surface area contributed by atoms with Crippen LogP contribution in [-0.2, 0) is 0 Å². The van der Waals surface area contributed by atoms with Crippen molar-refractivity contribution in [3.05, 3.63) is 49.1 Å². The van der Waals surface area contributed by atoms with Crippen molar-refractivity contribution < 1.29 is 5.11 Å². The van der Waals surface area contributed by atoms with Gasteiger partial charge in [-0.1, -0.05) is 42.5 Å². The second-order valence-electron chi connectivity index (χ2n) is 3.62. The molecule has 2 unspecified atom stereocenters. The van der Waals surface area contributed by atoms with Crippen LogP contribution in [0.1, 0.15) is 0 Å². The van der Waals surface area contributed by atoms with Crippen LogP contribution in [0.2, 0.25) is 0 Å². The van der Waals surface area contributed by atoms with Gasteiger partial charge >= 0.3 is 0 Å². The minimum atomic E-state index is -0.377. The van der Waals surface area contributed by atoms with Gasteiger partial charge in [0.15, 0.2) is 0 Å². The van der Waals surface area contributed by atoms with Crippen molar-refractivity contribution in [1.82, 2.24) is 4.90 Å². The minimum absolute atomic E-state index is 0.234. The standard InChI is InChI=1S/C7H13NOS.C6H6/c1-3-6(9)7-8(2)4-5-10-7;1-2-4-6-5-3-1/h3,6-7,9H,1,4-5H2,2H3;1-6H. The highest BCUT2D eigenvalue weighted by Crippen LogP contribution is 2.24. The lowest BCUT2D eigenvalue weighted by atomic mass is 10.3. The van der Waals surface area contributed by atoms with Crippen LogP contribution in [0.15, 0.2) is 49.1 Å². The van der Waals surface area contributed by atoms with Crippen molar-refractivity contribution in [2.45, 2.75) is 11.5 Å². The molecule has 1 saturated heterocycles. The molecular formula is C13H19NOS. The monoisotopic (exact) mass is 237 g/mol. The van der Waals surface area contributed by atoms with E-state index in [0.717, 1.165) is 12.3 Å². The highest BCUT2D eigenvalue weighted by Gasteiger charge is 2.26. The van der Waals surface area contributed by atoms with E-state index in [1.54, 1.807) is 17.8 Å². The molecule has 0 saturated carbocycles. The Morgan fingerprint density at radius 2 is 1.81 bits per heavy atom. The molecule has 1 aromatic rings. The van der Waals surface area contributed by atoms with Crippen LogP contribution in [0.4, 0.5) is 0 Å². The fourth-order valence-electron chi connectivity index (χ4n) is 1.43. The maximum Gasteiger partial charge on any atom is 0.0966 e. The van der Waals surface area contributed by atoms with E-state index >= 15 is 0 Å². The number of aliphatic hydroxyl groups is 1. The van der Waals surface area contributed by atoms with Crippen LogP contribution in [-0.4, -0.2) is 40.8 Å². The molecule has 88 valence electrons. The lowest BCUT2D eigenvalue weighted by molar-refractivity contribution is 0.156. The quantitative estimate of drug-likeness (QED) is 0.798. The first-order valence-electron chi connectivity index (χ1n) is 5.38. The number of rotatable bonds is 2. The van der Waals surface area contributed by atoms with Gasteiger partial charge in [0.2, 0.25) is 0 Å². The first-order valence-corrected chi connectivity index (χ1v) is 6.43. The number of aliphatic hydroxyl groups excluding tert-OH is 1. The molecule has 1 aromatic carbocycles. The van der Waals surface area contributed by atoms with E-state index in [9.17, 15) is 5.11 Å². The molecular weight excluding hydrogens is 218 g/mol. The van der Waals surface area contributed by atoms with Crippen molar-refractivity contribution >= 4 is 11.8 Å². The van der Waals surface area contributed by atoms with Crippen LogP contribution >= 0.6 is 11.8 Å². The molecule has 2 rings (SSSR count). The van der Waals surface area contributed by atoms with Gasteiger partial charge in [0.1, 0.15) is 0 Å². The summed E-state index contributed by atoms with van der Waals surface area (Å²) in [5, 5.41) is 9.58. The average Bonchev–Trinajstić information content (AvgIpc) is 2.78. The molecule has 1 heterocycles. The molecule has 1 N–H and O–H groups in total. The van der Waals surface area contributed by atoms with E-state index in [4.69, 9.17) is 0 Å². The summed E-state index contributed by atoms with van der Waals surface area (Å²) < 4.78 is 0. The Bertz CT molecular complexity index is 265. The molecule has 1 aliphatic rings. The molecule has 0 radical (unpaired) electrons. The van der Waals surface area contributed by atoms with Crippen LogP contribution in [0, 0.1) is 0 Å². The van der Waals surface area contributed by atoms with Gasteiger partial charge in [0.05, 0.1) is 11.5 Å². The predicted octanol–water partition coefficient (Wildman–Crippen LogP) is 2.22. The third-order valence-corrected chi connectivity index (χ3v) is 3.77. The molecule has 3 heteroatoms. The Kier molecular flexibility index (Phi) is 6.23. The van der Waals surface area contributed by atoms with Gasteiger partial charge in [-0.3, -0.25) is 4.90 Å². The fourth-order valence-corrected chi connectivity index (χ4v) is 2.74. The van der Waals surface area contributed by atoms with E-state index < -0.39 is 0 Å². The highest BCUT2D eigenvalue weighted by atomic mass is 32.2. The number of nitrogens with zero attached hydrogens (tertiary/aromatic N) is 1. The largest absolute Gasteiger partial charge is 0.387 e. The van der Waals surface area contributed by atoms with Gasteiger partial charge in [0, 0.05) is 12.3 Å². The fraction of sp³-hybridized carbons (Fsp3) is 0.385. The Balaban J connectivity index is 0.000000181. The Morgan fingerprint density at radius 3 is 2.12 bits per heavy atom. The number of likely N-dealkylation sites (N-methyl/N-ethyl adjacent to an activating group) is 1. The molecule has 2 nitrogen and oxygen atoms in total. The Hall–Kier alpha value is -0.770. The zero-order valence-corrected chi connectivity index (χ0v) is 10.4. The van der Waals surface area contributed by atoms with Gasteiger partial charge in [0.25, 0.3) is 0 Å². The zero-order valence-electron chi connectivity index (χ0n) is 9.62. The summed E-state index contributed by atoms with van der Waals surface area (Å²) in [7, 11) is 2.03. The van der Waals surface area contributed by atoms with Crippen LogP contribution in [0.25, 0.3) is 0 Å². The SMILES string of the molecule is C=CC(O)C1SCCN1C.c1ccccc1. The van der Waals surface area contributed by atoms with Crippen molar-refractivity contribution in [2.75, 3.05) is 19.3 Å². The van der Waals surface area contributed by atoms with Crippen molar-refractivity contribution in [3.8, 4) is 0 Å². The van der Waals surface area contributed by atoms with E-state index in [-0.39, 0.29) is 11.5 Å². The molecule has 0 bridgehead atoms. The van der Waals surface area contributed by atoms with Crippen molar-refractivity contribution in [1.29, 1.82) is 0 Å². The summed E-state index contributed by atoms with van der Waals surface area (Å²) in [4.78, 5) is 2.15. The number of hydrogen-bond donors (Lipinski definition) is 1. The summed E-state index contributed by atoms with van der Waals surface area (Å²) in [5.74, 6) is 1.12. The summed E-state index contributed by atoms with van der Waals surface area (Å²) >= 11 is 1.79. The summed E-state index contributed by atoms with van der Waals surface area (Å²) in [6.07, 6.45) is 1.22. The molecule has 0 aliphatic carbocycles. The van der Waals surface area contributed by atoms with Gasteiger partial charge in [-0.25, -0.2) is 0 Å². The van der Waals surface area contributed by atoms with Gasteiger partial charge in [-0.05, 0) is 7.05 Å². The van der Waals surface area contributed by atoms with Crippen LogP contribution in [0.3, 0.4) is 0 Å². The molecule has 16 heavy (non-hydrogen) atoms. The van der Waals surface area contributed by atoms with E-state index in [0.29, 0.717) is 0 Å². The summed E-state index contributed by atoms with van der Waals surface area (Å²) in [6, 6.07) is 12.0. The van der Waals surface area contributed by atoms with E-state index in [1.165, 1.54) is 0 Å². The Labute approximate surface area is 102 Å². The number of hydrogen-bond acceptors (Lipinski definition) is 3. The van der Waals surface area contributed by atoms with Crippen LogP contribution in [0.5, 0.6) is 0 Å². The first-order chi connectivity index (χ1) is 7.75. The van der Waals surface area contributed by atoms with Crippen molar-refractivity contribution in [2.24, 2.45) is 0 Å². The average molecular weight is 237 g/mol. The highest BCUT2D eigenvalue weighted by molar-refractivity contribution is 8.00. The number of benzene rings is 1. The predicted molar refractivity (Wildman–Crippen MR) is 71.5 cm³/mol. The zero-order chi connectivity index (χ0) is 11.8. The second kappa shape index (κ2) is 7.49. The summed E-state index contributed by atoms with van der Waals surface area (Å²) in [6.45, 7) is 4.62. The molecule has 2 atom stereocenters. The van der Waals surface area contributed by atoms with Gasteiger partial charge in [-0.15, -0.1) is 18.3 Å². The molecule has 0 spiro atoms. The van der Waals surface area contributed by atoms with E-state index in [1.807, 2.05) is 43.4 Å². The lowest BCUT2D eigenvalue weighted by Gasteiger charge is -2.20. The van der Waals surface area contributed by atoms with Crippen molar-refractivity contribution in [3.63, 3.8) is 0 Å². The molecule has 1 aliphatic heterocycles. The third-order valence-electron chi connectivity index (χ3n) is 2.37. The molecule has 1 fully saturated rings. The smallest absolute Gasteiger partial charge is 0.0966 e. The first kappa shape index (κ1) is 13.3. The lowest BCUT2D eigenvalue weighted by Crippen LogP contribution is -2.33. The van der Waals surface area contributed by atoms with Gasteiger partial charge in [-0.2, -0.15) is 0 Å². The maximum absolute atomic E-state index is 9.35. The summed E-state index contributed by atoms with van der Waals surface area (Å²) in [5.41, 5.74) is 0. The third kappa shape index (κ3) is 4.39. The Morgan fingerprint density at radius 1 is 1.31 bits per heavy atom. The van der Waals surface area contributed by atoms with Gasteiger partial charge < -0.3 is 5.11 Å². The molecule has 0 aromatic heterocycles. The van der Waals surface area contributed by atoms with E-state index in [2.05, 4.69) is 11.5 Å². The second-order valence-corrected chi connectivity index (χ2v) is 4.85. The minimum Gasteiger partial charge on any atom is -0.387 e. The number of thioether (sulfide) groups is 1. The maximum atomic E-state index is 9.35. The normalized spacial score (nSPS) is 22.0. The van der Waals surface area contributed by atoms with Crippen LogP contribution < -0.4 is 0 Å². The molecule has 0 amide bonds.